The van der Waals surface area contributed by atoms with E-state index in [-0.39, 0.29) is 5.91 Å². The van der Waals surface area contributed by atoms with Crippen LogP contribution < -0.4 is 5.32 Å². The number of hydrogen-bond donors (Lipinski definition) is 3. The summed E-state index contributed by atoms with van der Waals surface area (Å²) >= 11 is 0. The fraction of sp³-hybridized carbons (Fsp3) is 0.895. The van der Waals surface area contributed by atoms with E-state index in [1.165, 1.54) is 64.2 Å². The highest BCUT2D eigenvalue weighted by atomic mass is 16.4. The van der Waals surface area contributed by atoms with Gasteiger partial charge in [-0.05, 0) is 6.42 Å². The maximum atomic E-state index is 11.5. The van der Waals surface area contributed by atoms with Crippen molar-refractivity contribution in [3.05, 3.63) is 0 Å². The topological polar surface area (TPSA) is 86.6 Å². The van der Waals surface area contributed by atoms with Gasteiger partial charge in [0.05, 0.1) is 6.61 Å². The molecule has 3 N–H and O–H groups in total. The number of nitrogens with one attached hydrogen (secondary N) is 1. The normalized spacial score (nSPS) is 12.1. The highest BCUT2D eigenvalue weighted by molar-refractivity contribution is 5.83. The molecule has 0 spiro atoms. The van der Waals surface area contributed by atoms with Crippen LogP contribution in [0.15, 0.2) is 0 Å². The highest BCUT2D eigenvalue weighted by Gasteiger charge is 2.17. The summed E-state index contributed by atoms with van der Waals surface area (Å²) in [5.41, 5.74) is 0. The van der Waals surface area contributed by atoms with Crippen LogP contribution in [0.25, 0.3) is 0 Å². The molecule has 1 atom stereocenters. The molecular weight excluding hydrogens is 306 g/mol. The zero-order valence-electron chi connectivity index (χ0n) is 15.4. The minimum atomic E-state index is -1.20. The van der Waals surface area contributed by atoms with Gasteiger partial charge in [0.1, 0.15) is 6.04 Å². The third-order valence-corrected chi connectivity index (χ3v) is 4.32. The minimum absolute atomic E-state index is 0.292. The van der Waals surface area contributed by atoms with Crippen molar-refractivity contribution in [2.45, 2.75) is 103 Å². The average molecular weight is 344 g/mol. The lowest BCUT2D eigenvalue weighted by atomic mass is 10.0. The summed E-state index contributed by atoms with van der Waals surface area (Å²) in [6.07, 6.45) is 16.6. The monoisotopic (exact) mass is 343 g/mol. The molecule has 0 aliphatic carbocycles. The molecule has 0 aromatic carbocycles. The summed E-state index contributed by atoms with van der Waals surface area (Å²) in [6.45, 7) is 1.67. The minimum Gasteiger partial charge on any atom is -0.480 e. The third kappa shape index (κ3) is 14.5. The van der Waals surface area contributed by atoms with Gasteiger partial charge >= 0.3 is 5.97 Å². The van der Waals surface area contributed by atoms with Gasteiger partial charge in [-0.1, -0.05) is 84.0 Å². The number of amides is 1. The van der Waals surface area contributed by atoms with Crippen LogP contribution in [0, 0.1) is 0 Å². The summed E-state index contributed by atoms with van der Waals surface area (Å²) in [5.74, 6) is -1.49. The van der Waals surface area contributed by atoms with E-state index in [4.69, 9.17) is 10.2 Å². The molecule has 5 heteroatoms. The maximum absolute atomic E-state index is 11.5. The van der Waals surface area contributed by atoms with Crippen LogP contribution in [0.3, 0.4) is 0 Å². The molecule has 0 aromatic heterocycles. The predicted octanol–water partition coefficient (Wildman–Crippen LogP) is 4.03. The Morgan fingerprint density at radius 3 is 1.58 bits per heavy atom. The Morgan fingerprint density at radius 1 is 0.792 bits per heavy atom. The first-order valence-electron chi connectivity index (χ1n) is 9.74. The van der Waals surface area contributed by atoms with Gasteiger partial charge in [-0.15, -0.1) is 0 Å². The van der Waals surface area contributed by atoms with Crippen molar-refractivity contribution in [2.24, 2.45) is 0 Å². The average Bonchev–Trinajstić information content (AvgIpc) is 2.56. The largest absolute Gasteiger partial charge is 0.480 e. The first-order chi connectivity index (χ1) is 11.6. The number of rotatable bonds is 17. The van der Waals surface area contributed by atoms with Gasteiger partial charge in [0.15, 0.2) is 0 Å². The fourth-order valence-electron chi connectivity index (χ4n) is 2.76. The quantitative estimate of drug-likeness (QED) is 0.348. The lowest BCUT2D eigenvalue weighted by molar-refractivity contribution is -0.142. The molecule has 24 heavy (non-hydrogen) atoms. The Balaban J connectivity index is 3.30. The first kappa shape index (κ1) is 22.9. The summed E-state index contributed by atoms with van der Waals surface area (Å²) in [6, 6.07) is -1.18. The van der Waals surface area contributed by atoms with Crippen LogP contribution in [-0.2, 0) is 9.59 Å². The van der Waals surface area contributed by atoms with Crippen LogP contribution in [0.4, 0.5) is 0 Å². The Kier molecular flexibility index (Phi) is 16.0. The molecule has 0 aliphatic heterocycles. The van der Waals surface area contributed by atoms with Gasteiger partial charge in [0.25, 0.3) is 0 Å². The van der Waals surface area contributed by atoms with Crippen molar-refractivity contribution < 1.29 is 19.8 Å². The number of carboxylic acid groups (broad SMARTS) is 1. The summed E-state index contributed by atoms with van der Waals surface area (Å²) in [7, 11) is 0. The highest BCUT2D eigenvalue weighted by Crippen LogP contribution is 2.12. The van der Waals surface area contributed by atoms with Crippen molar-refractivity contribution in [3.63, 3.8) is 0 Å². The third-order valence-electron chi connectivity index (χ3n) is 4.32. The molecule has 1 amide bonds. The van der Waals surface area contributed by atoms with E-state index < -0.39 is 18.6 Å². The fourth-order valence-corrected chi connectivity index (χ4v) is 2.76. The van der Waals surface area contributed by atoms with Gasteiger partial charge in [0, 0.05) is 6.42 Å². The molecular formula is C19H37NO4. The molecule has 0 bridgehead atoms. The molecule has 0 aliphatic rings. The number of aliphatic carboxylic acids is 1. The van der Waals surface area contributed by atoms with E-state index in [2.05, 4.69) is 12.2 Å². The Hall–Kier alpha value is -1.10. The molecule has 0 saturated heterocycles. The van der Waals surface area contributed by atoms with E-state index >= 15 is 0 Å². The van der Waals surface area contributed by atoms with Crippen LogP contribution in [0.5, 0.6) is 0 Å². The number of carboxylic acids is 1. The zero-order chi connectivity index (χ0) is 18.0. The summed E-state index contributed by atoms with van der Waals surface area (Å²) in [5, 5.41) is 19.9. The van der Waals surface area contributed by atoms with Gasteiger partial charge < -0.3 is 15.5 Å². The molecule has 0 saturated carbocycles. The Morgan fingerprint density at radius 2 is 1.21 bits per heavy atom. The molecule has 0 fully saturated rings. The molecule has 0 unspecified atom stereocenters. The summed E-state index contributed by atoms with van der Waals surface area (Å²) in [4.78, 5) is 22.2. The first-order valence-corrected chi connectivity index (χ1v) is 9.74. The van der Waals surface area contributed by atoms with E-state index in [9.17, 15) is 9.59 Å². The number of carbonyl (C=O) groups is 2. The zero-order valence-corrected chi connectivity index (χ0v) is 15.4. The van der Waals surface area contributed by atoms with E-state index in [0.717, 1.165) is 19.3 Å². The van der Waals surface area contributed by atoms with Crippen LogP contribution >= 0.6 is 0 Å². The van der Waals surface area contributed by atoms with Crippen molar-refractivity contribution >= 4 is 11.9 Å². The van der Waals surface area contributed by atoms with Crippen LogP contribution in [0.1, 0.15) is 96.8 Å². The molecule has 0 rings (SSSR count). The van der Waals surface area contributed by atoms with Gasteiger partial charge in [-0.25, -0.2) is 4.79 Å². The number of aliphatic hydroxyl groups excluding tert-OH is 1. The van der Waals surface area contributed by atoms with Crippen molar-refractivity contribution in [1.82, 2.24) is 5.32 Å². The van der Waals surface area contributed by atoms with E-state index in [1.807, 2.05) is 0 Å². The van der Waals surface area contributed by atoms with Crippen molar-refractivity contribution in [2.75, 3.05) is 6.61 Å². The van der Waals surface area contributed by atoms with Crippen molar-refractivity contribution in [3.8, 4) is 0 Å². The van der Waals surface area contributed by atoms with Gasteiger partial charge in [-0.3, -0.25) is 4.79 Å². The molecule has 0 radical (unpaired) electrons. The second-order valence-electron chi connectivity index (χ2n) is 6.63. The second kappa shape index (κ2) is 16.7. The molecule has 5 nitrogen and oxygen atoms in total. The smallest absolute Gasteiger partial charge is 0.328 e. The number of hydrogen-bond acceptors (Lipinski definition) is 3. The Bertz CT molecular complexity index is 320. The Labute approximate surface area is 147 Å². The molecule has 0 aromatic rings. The van der Waals surface area contributed by atoms with Crippen molar-refractivity contribution in [1.29, 1.82) is 0 Å². The van der Waals surface area contributed by atoms with Gasteiger partial charge in [0.2, 0.25) is 5.91 Å². The predicted molar refractivity (Wildman–Crippen MR) is 97.0 cm³/mol. The standard InChI is InChI=1S/C19H37NO4/c1-2-3-4-5-6-7-8-9-10-11-12-13-14-15-18(22)20-17(16-21)19(23)24/h17,21H,2-16H2,1H3,(H,20,22)(H,23,24)/t17-/m0/s1. The molecule has 142 valence electrons. The number of aliphatic hydroxyl groups is 1. The van der Waals surface area contributed by atoms with E-state index in [1.54, 1.807) is 0 Å². The number of carbonyl (C=O) groups excluding carboxylic acids is 1. The SMILES string of the molecule is CCCCCCCCCCCCCCCC(=O)N[C@@H](CO)C(=O)O. The van der Waals surface area contributed by atoms with Crippen LogP contribution in [-0.4, -0.2) is 34.7 Å². The second-order valence-corrected chi connectivity index (χ2v) is 6.63. The lowest BCUT2D eigenvalue weighted by Crippen LogP contribution is -2.43. The van der Waals surface area contributed by atoms with Crippen LogP contribution in [0.2, 0.25) is 0 Å². The van der Waals surface area contributed by atoms with E-state index in [0.29, 0.717) is 6.42 Å². The van der Waals surface area contributed by atoms with Gasteiger partial charge in [-0.2, -0.15) is 0 Å². The number of unbranched alkanes of at least 4 members (excludes halogenated alkanes) is 12. The summed E-state index contributed by atoms with van der Waals surface area (Å²) < 4.78 is 0. The maximum Gasteiger partial charge on any atom is 0.328 e. The lowest BCUT2D eigenvalue weighted by Gasteiger charge is -2.11. The molecule has 0 heterocycles.